The molecular formula is C26H16F2N2O2S. The van der Waals surface area contributed by atoms with Crippen molar-refractivity contribution in [3.8, 4) is 11.3 Å². The SMILES string of the molecule is O=C1/C(=C/c2ccc(-c3ccc(F)cc3F)o2)SC(=Nc2ccccc2)N1c1ccccc1. The van der Waals surface area contributed by atoms with Gasteiger partial charge in [-0.3, -0.25) is 9.69 Å². The molecule has 4 nitrogen and oxygen atoms in total. The van der Waals surface area contributed by atoms with Gasteiger partial charge in [0.1, 0.15) is 23.2 Å². The average molecular weight is 458 g/mol. The van der Waals surface area contributed by atoms with Crippen molar-refractivity contribution in [2.45, 2.75) is 0 Å². The lowest BCUT2D eigenvalue weighted by Crippen LogP contribution is -2.28. The number of carbonyl (C=O) groups excluding carboxylic acids is 1. The lowest BCUT2D eigenvalue weighted by molar-refractivity contribution is -0.113. The number of anilines is 1. The fourth-order valence-electron chi connectivity index (χ4n) is 3.36. The molecule has 3 aromatic carbocycles. The predicted octanol–water partition coefficient (Wildman–Crippen LogP) is 7.03. The Bertz CT molecular complexity index is 1380. The summed E-state index contributed by atoms with van der Waals surface area (Å²) in [6.07, 6.45) is 1.60. The van der Waals surface area contributed by atoms with Gasteiger partial charge in [0, 0.05) is 12.1 Å². The van der Waals surface area contributed by atoms with Gasteiger partial charge in [-0.15, -0.1) is 0 Å². The molecule has 0 atom stereocenters. The summed E-state index contributed by atoms with van der Waals surface area (Å²) in [6.45, 7) is 0. The normalized spacial score (nSPS) is 16.2. The van der Waals surface area contributed by atoms with Crippen LogP contribution in [0.3, 0.4) is 0 Å². The standard InChI is InChI=1S/C26H16F2N2O2S/c27-17-11-13-21(22(28)15-17)23-14-12-20(32-23)16-24-25(31)30(19-9-5-2-6-10-19)26(33-24)29-18-7-3-1-4-8-18/h1-16H/b24-16-,29-26?. The number of para-hydroxylation sites is 2. The van der Waals surface area contributed by atoms with E-state index in [0.717, 1.165) is 11.8 Å². The quantitative estimate of drug-likeness (QED) is 0.308. The summed E-state index contributed by atoms with van der Waals surface area (Å²) in [6, 6.07) is 25.1. The van der Waals surface area contributed by atoms with Gasteiger partial charge in [0.15, 0.2) is 5.17 Å². The van der Waals surface area contributed by atoms with Gasteiger partial charge in [0.2, 0.25) is 0 Å². The maximum atomic E-state index is 14.1. The van der Waals surface area contributed by atoms with Crippen LogP contribution in [-0.2, 0) is 4.79 Å². The van der Waals surface area contributed by atoms with Crippen LogP contribution in [-0.4, -0.2) is 11.1 Å². The highest BCUT2D eigenvalue weighted by Gasteiger charge is 2.35. The van der Waals surface area contributed by atoms with Crippen molar-refractivity contribution in [3.05, 3.63) is 113 Å². The summed E-state index contributed by atoms with van der Waals surface area (Å²) in [5.74, 6) is -1.01. The van der Waals surface area contributed by atoms with Gasteiger partial charge in [0.05, 0.1) is 21.8 Å². The fraction of sp³-hybridized carbons (Fsp3) is 0. The van der Waals surface area contributed by atoms with Crippen LogP contribution in [0.15, 0.2) is 105 Å². The lowest BCUT2D eigenvalue weighted by atomic mass is 10.1. The molecule has 1 aliphatic heterocycles. The second kappa shape index (κ2) is 8.88. The highest BCUT2D eigenvalue weighted by Crippen LogP contribution is 2.38. The summed E-state index contributed by atoms with van der Waals surface area (Å²) < 4.78 is 33.1. The molecule has 33 heavy (non-hydrogen) atoms. The number of hydrogen-bond donors (Lipinski definition) is 0. The summed E-state index contributed by atoms with van der Waals surface area (Å²) in [7, 11) is 0. The average Bonchev–Trinajstić information content (AvgIpc) is 3.40. The monoisotopic (exact) mass is 458 g/mol. The van der Waals surface area contributed by atoms with E-state index in [0.29, 0.717) is 21.5 Å². The predicted molar refractivity (Wildman–Crippen MR) is 127 cm³/mol. The third-order valence-electron chi connectivity index (χ3n) is 4.90. The molecule has 0 N–H and O–H groups in total. The Labute approximate surface area is 192 Å². The van der Waals surface area contributed by atoms with Crippen LogP contribution in [0.5, 0.6) is 0 Å². The zero-order valence-electron chi connectivity index (χ0n) is 17.1. The number of thioether (sulfide) groups is 1. The van der Waals surface area contributed by atoms with Crippen molar-refractivity contribution in [1.29, 1.82) is 0 Å². The molecule has 0 saturated carbocycles. The zero-order valence-corrected chi connectivity index (χ0v) is 17.9. The van der Waals surface area contributed by atoms with Gasteiger partial charge in [-0.25, -0.2) is 13.8 Å². The number of amides is 1. The van der Waals surface area contributed by atoms with E-state index >= 15 is 0 Å². The lowest BCUT2D eigenvalue weighted by Gasteiger charge is -2.15. The number of benzene rings is 3. The largest absolute Gasteiger partial charge is 0.457 e. The van der Waals surface area contributed by atoms with E-state index in [9.17, 15) is 13.6 Å². The topological polar surface area (TPSA) is 45.8 Å². The van der Waals surface area contributed by atoms with Crippen LogP contribution in [0.1, 0.15) is 5.76 Å². The first-order chi connectivity index (χ1) is 16.1. The highest BCUT2D eigenvalue weighted by atomic mass is 32.2. The summed E-state index contributed by atoms with van der Waals surface area (Å²) >= 11 is 1.23. The molecular weight excluding hydrogens is 442 g/mol. The van der Waals surface area contributed by atoms with Gasteiger partial charge in [0.25, 0.3) is 5.91 Å². The number of furan rings is 1. The minimum Gasteiger partial charge on any atom is -0.457 e. The molecule has 5 rings (SSSR count). The molecule has 0 aliphatic carbocycles. The fourth-order valence-corrected chi connectivity index (χ4v) is 4.34. The van der Waals surface area contributed by atoms with E-state index < -0.39 is 11.6 Å². The molecule has 1 amide bonds. The summed E-state index contributed by atoms with van der Waals surface area (Å²) in [4.78, 5) is 19.9. The Kier molecular flexibility index (Phi) is 5.62. The van der Waals surface area contributed by atoms with E-state index in [2.05, 4.69) is 4.99 Å². The number of nitrogens with zero attached hydrogens (tertiary/aromatic N) is 2. The van der Waals surface area contributed by atoms with E-state index in [1.54, 1.807) is 23.1 Å². The smallest absolute Gasteiger partial charge is 0.271 e. The van der Waals surface area contributed by atoms with Crippen molar-refractivity contribution >= 4 is 40.3 Å². The van der Waals surface area contributed by atoms with E-state index in [-0.39, 0.29) is 17.2 Å². The van der Waals surface area contributed by atoms with Crippen molar-refractivity contribution < 1.29 is 18.0 Å². The van der Waals surface area contributed by atoms with Crippen LogP contribution in [0.2, 0.25) is 0 Å². The molecule has 0 radical (unpaired) electrons. The van der Waals surface area contributed by atoms with E-state index in [1.165, 1.54) is 23.9 Å². The first kappa shape index (κ1) is 20.9. The summed E-state index contributed by atoms with van der Waals surface area (Å²) in [5, 5.41) is 0.514. The summed E-state index contributed by atoms with van der Waals surface area (Å²) in [5.41, 5.74) is 1.56. The molecule has 0 bridgehead atoms. The number of aliphatic imine (C=N–C) groups is 1. The zero-order chi connectivity index (χ0) is 22.8. The first-order valence-electron chi connectivity index (χ1n) is 10.1. The van der Waals surface area contributed by atoms with Crippen LogP contribution in [0.25, 0.3) is 17.4 Å². The van der Waals surface area contributed by atoms with Gasteiger partial charge in [-0.2, -0.15) is 0 Å². The Morgan fingerprint density at radius 3 is 2.33 bits per heavy atom. The van der Waals surface area contributed by atoms with Crippen molar-refractivity contribution in [2.75, 3.05) is 4.90 Å². The molecule has 0 spiro atoms. The molecule has 7 heteroatoms. The number of rotatable bonds is 4. The minimum absolute atomic E-state index is 0.142. The van der Waals surface area contributed by atoms with Crippen LogP contribution in [0.4, 0.5) is 20.2 Å². The molecule has 162 valence electrons. The Morgan fingerprint density at radius 1 is 0.879 bits per heavy atom. The van der Waals surface area contributed by atoms with Crippen LogP contribution >= 0.6 is 11.8 Å². The molecule has 1 saturated heterocycles. The van der Waals surface area contributed by atoms with Gasteiger partial charge in [-0.05, 0) is 60.3 Å². The third-order valence-corrected chi connectivity index (χ3v) is 5.87. The highest BCUT2D eigenvalue weighted by molar-refractivity contribution is 8.19. The van der Waals surface area contributed by atoms with E-state index in [1.807, 2.05) is 60.7 Å². The Morgan fingerprint density at radius 2 is 1.61 bits per heavy atom. The molecule has 1 fully saturated rings. The second-order valence-corrected chi connectivity index (χ2v) is 8.15. The van der Waals surface area contributed by atoms with Crippen LogP contribution in [0, 0.1) is 11.6 Å². The van der Waals surface area contributed by atoms with Gasteiger partial charge >= 0.3 is 0 Å². The van der Waals surface area contributed by atoms with Crippen LogP contribution < -0.4 is 4.90 Å². The number of carbonyl (C=O) groups is 1. The molecule has 2 heterocycles. The Hall–Kier alpha value is -3.97. The third kappa shape index (κ3) is 4.36. The van der Waals surface area contributed by atoms with Crippen molar-refractivity contribution in [2.24, 2.45) is 4.99 Å². The van der Waals surface area contributed by atoms with Gasteiger partial charge in [-0.1, -0.05) is 36.4 Å². The number of hydrogen-bond acceptors (Lipinski definition) is 4. The maximum absolute atomic E-state index is 14.1. The molecule has 0 unspecified atom stereocenters. The number of halogens is 2. The van der Waals surface area contributed by atoms with Crippen molar-refractivity contribution in [1.82, 2.24) is 0 Å². The second-order valence-electron chi connectivity index (χ2n) is 7.14. The molecule has 1 aliphatic rings. The molecule has 1 aromatic heterocycles. The van der Waals surface area contributed by atoms with Gasteiger partial charge < -0.3 is 4.42 Å². The van der Waals surface area contributed by atoms with E-state index in [4.69, 9.17) is 4.42 Å². The number of amidine groups is 1. The minimum atomic E-state index is -0.720. The van der Waals surface area contributed by atoms with Crippen molar-refractivity contribution in [3.63, 3.8) is 0 Å². The Balaban J connectivity index is 1.51. The first-order valence-corrected chi connectivity index (χ1v) is 10.9. The molecule has 4 aromatic rings. The maximum Gasteiger partial charge on any atom is 0.271 e.